The Hall–Kier alpha value is -0.570. The summed E-state index contributed by atoms with van der Waals surface area (Å²) in [5.41, 5.74) is 0.000718. The van der Waals surface area contributed by atoms with E-state index < -0.39 is 0 Å². The van der Waals surface area contributed by atoms with Gasteiger partial charge in [0.15, 0.2) is 0 Å². The van der Waals surface area contributed by atoms with Gasteiger partial charge in [0.2, 0.25) is 5.91 Å². The third-order valence-electron chi connectivity index (χ3n) is 3.22. The SMILES string of the molecule is CNC1(C)CCCN(C(C)C)C(=O)C1. The molecule has 3 heteroatoms. The standard InChI is InChI=1S/C11H22N2O/c1-9(2)13-7-5-6-11(3,12-4)8-10(13)14/h9,12H,5-8H2,1-4H3. The lowest BCUT2D eigenvalue weighted by Gasteiger charge is -2.28. The van der Waals surface area contributed by atoms with Crippen LogP contribution in [0.4, 0.5) is 0 Å². The number of hydrogen-bond donors (Lipinski definition) is 1. The molecule has 82 valence electrons. The molecule has 1 amide bonds. The van der Waals surface area contributed by atoms with Crippen LogP contribution in [0.1, 0.15) is 40.0 Å². The van der Waals surface area contributed by atoms with E-state index in [1.165, 1.54) is 0 Å². The van der Waals surface area contributed by atoms with E-state index in [9.17, 15) is 4.79 Å². The quantitative estimate of drug-likeness (QED) is 0.727. The molecule has 1 N–H and O–H groups in total. The lowest BCUT2D eigenvalue weighted by molar-refractivity contribution is -0.133. The second-order valence-corrected chi connectivity index (χ2v) is 4.77. The van der Waals surface area contributed by atoms with Crippen molar-refractivity contribution in [3.05, 3.63) is 0 Å². The Bertz CT molecular complexity index is 215. The summed E-state index contributed by atoms with van der Waals surface area (Å²) >= 11 is 0. The van der Waals surface area contributed by atoms with Crippen LogP contribution in [0.15, 0.2) is 0 Å². The van der Waals surface area contributed by atoms with E-state index in [-0.39, 0.29) is 11.4 Å². The maximum Gasteiger partial charge on any atom is 0.224 e. The molecule has 0 aromatic heterocycles. The molecular weight excluding hydrogens is 176 g/mol. The Morgan fingerprint density at radius 1 is 1.50 bits per heavy atom. The Kier molecular flexibility index (Phi) is 3.53. The van der Waals surface area contributed by atoms with Gasteiger partial charge in [0, 0.05) is 24.5 Å². The molecule has 1 fully saturated rings. The highest BCUT2D eigenvalue weighted by Gasteiger charge is 2.31. The van der Waals surface area contributed by atoms with Crippen LogP contribution in [0.25, 0.3) is 0 Å². The van der Waals surface area contributed by atoms with E-state index >= 15 is 0 Å². The fraction of sp³-hybridized carbons (Fsp3) is 0.909. The van der Waals surface area contributed by atoms with E-state index in [1.807, 2.05) is 11.9 Å². The summed E-state index contributed by atoms with van der Waals surface area (Å²) < 4.78 is 0. The Morgan fingerprint density at radius 3 is 2.64 bits per heavy atom. The molecule has 0 spiro atoms. The van der Waals surface area contributed by atoms with Gasteiger partial charge in [-0.25, -0.2) is 0 Å². The van der Waals surface area contributed by atoms with Crippen LogP contribution >= 0.6 is 0 Å². The zero-order valence-electron chi connectivity index (χ0n) is 9.76. The second-order valence-electron chi connectivity index (χ2n) is 4.77. The van der Waals surface area contributed by atoms with Crippen LogP contribution < -0.4 is 5.32 Å². The monoisotopic (exact) mass is 198 g/mol. The van der Waals surface area contributed by atoms with Gasteiger partial charge >= 0.3 is 0 Å². The first-order chi connectivity index (χ1) is 6.48. The van der Waals surface area contributed by atoms with E-state index in [0.717, 1.165) is 19.4 Å². The van der Waals surface area contributed by atoms with Crippen LogP contribution in [0.2, 0.25) is 0 Å². The molecule has 0 aromatic carbocycles. The van der Waals surface area contributed by atoms with Crippen molar-refractivity contribution in [1.29, 1.82) is 0 Å². The number of amides is 1. The maximum absolute atomic E-state index is 11.9. The van der Waals surface area contributed by atoms with E-state index in [0.29, 0.717) is 12.5 Å². The molecule has 0 aliphatic carbocycles. The minimum Gasteiger partial charge on any atom is -0.340 e. The smallest absolute Gasteiger partial charge is 0.224 e. The number of hydrogen-bond acceptors (Lipinski definition) is 2. The van der Waals surface area contributed by atoms with Crippen molar-refractivity contribution in [2.75, 3.05) is 13.6 Å². The molecule has 1 saturated heterocycles. The number of carbonyl (C=O) groups is 1. The van der Waals surface area contributed by atoms with E-state index in [4.69, 9.17) is 0 Å². The Morgan fingerprint density at radius 2 is 2.14 bits per heavy atom. The van der Waals surface area contributed by atoms with Crippen molar-refractivity contribution in [2.24, 2.45) is 0 Å². The van der Waals surface area contributed by atoms with Gasteiger partial charge in [0.25, 0.3) is 0 Å². The molecule has 1 aliphatic rings. The van der Waals surface area contributed by atoms with Gasteiger partial charge in [-0.2, -0.15) is 0 Å². The third kappa shape index (κ3) is 2.47. The molecule has 1 aliphatic heterocycles. The largest absolute Gasteiger partial charge is 0.340 e. The summed E-state index contributed by atoms with van der Waals surface area (Å²) in [4.78, 5) is 13.9. The van der Waals surface area contributed by atoms with Crippen molar-refractivity contribution >= 4 is 5.91 Å². The fourth-order valence-corrected chi connectivity index (χ4v) is 2.05. The van der Waals surface area contributed by atoms with Crippen molar-refractivity contribution in [3.8, 4) is 0 Å². The zero-order valence-corrected chi connectivity index (χ0v) is 9.76. The highest BCUT2D eigenvalue weighted by molar-refractivity contribution is 5.78. The van der Waals surface area contributed by atoms with Crippen molar-refractivity contribution in [2.45, 2.75) is 51.6 Å². The fourth-order valence-electron chi connectivity index (χ4n) is 2.05. The van der Waals surface area contributed by atoms with Crippen LogP contribution in [-0.4, -0.2) is 36.0 Å². The molecule has 0 bridgehead atoms. The highest BCUT2D eigenvalue weighted by atomic mass is 16.2. The molecular formula is C11H22N2O. The molecule has 3 nitrogen and oxygen atoms in total. The van der Waals surface area contributed by atoms with Gasteiger partial charge in [-0.05, 0) is 40.7 Å². The van der Waals surface area contributed by atoms with Gasteiger partial charge in [0.05, 0.1) is 0 Å². The number of likely N-dealkylation sites (tertiary alicyclic amines) is 1. The maximum atomic E-state index is 11.9. The van der Waals surface area contributed by atoms with Gasteiger partial charge in [0.1, 0.15) is 0 Å². The summed E-state index contributed by atoms with van der Waals surface area (Å²) in [5, 5.41) is 3.26. The van der Waals surface area contributed by atoms with Gasteiger partial charge in [-0.15, -0.1) is 0 Å². The highest BCUT2D eigenvalue weighted by Crippen LogP contribution is 2.23. The first-order valence-electron chi connectivity index (χ1n) is 5.47. The van der Waals surface area contributed by atoms with E-state index in [1.54, 1.807) is 0 Å². The average Bonchev–Trinajstić information content (AvgIpc) is 2.25. The number of rotatable bonds is 2. The van der Waals surface area contributed by atoms with Crippen molar-refractivity contribution in [3.63, 3.8) is 0 Å². The number of nitrogens with one attached hydrogen (secondary N) is 1. The molecule has 1 rings (SSSR count). The number of nitrogens with zero attached hydrogens (tertiary/aromatic N) is 1. The Balaban J connectivity index is 2.71. The lowest BCUT2D eigenvalue weighted by Crippen LogP contribution is -2.43. The first-order valence-corrected chi connectivity index (χ1v) is 5.47. The summed E-state index contributed by atoms with van der Waals surface area (Å²) in [5.74, 6) is 0.286. The normalized spacial score (nSPS) is 29.5. The summed E-state index contributed by atoms with van der Waals surface area (Å²) in [6.07, 6.45) is 2.81. The average molecular weight is 198 g/mol. The third-order valence-corrected chi connectivity index (χ3v) is 3.22. The zero-order chi connectivity index (χ0) is 10.8. The van der Waals surface area contributed by atoms with Gasteiger partial charge < -0.3 is 10.2 Å². The molecule has 0 saturated carbocycles. The van der Waals surface area contributed by atoms with Crippen LogP contribution in [0, 0.1) is 0 Å². The first kappa shape index (κ1) is 11.5. The van der Waals surface area contributed by atoms with Crippen molar-refractivity contribution in [1.82, 2.24) is 10.2 Å². The molecule has 14 heavy (non-hydrogen) atoms. The van der Waals surface area contributed by atoms with Gasteiger partial charge in [-0.1, -0.05) is 0 Å². The molecule has 1 heterocycles. The van der Waals surface area contributed by atoms with Crippen LogP contribution in [0.5, 0.6) is 0 Å². The van der Waals surface area contributed by atoms with Crippen LogP contribution in [-0.2, 0) is 4.79 Å². The minimum atomic E-state index is 0.000718. The predicted molar refractivity (Wildman–Crippen MR) is 58.2 cm³/mol. The molecule has 1 atom stereocenters. The second kappa shape index (κ2) is 4.30. The van der Waals surface area contributed by atoms with Crippen LogP contribution in [0.3, 0.4) is 0 Å². The van der Waals surface area contributed by atoms with Crippen molar-refractivity contribution < 1.29 is 4.79 Å². The topological polar surface area (TPSA) is 32.3 Å². The predicted octanol–water partition coefficient (Wildman–Crippen LogP) is 1.39. The molecule has 1 unspecified atom stereocenters. The van der Waals surface area contributed by atoms with E-state index in [2.05, 4.69) is 26.1 Å². The summed E-state index contributed by atoms with van der Waals surface area (Å²) in [6.45, 7) is 7.21. The Labute approximate surface area is 86.9 Å². The number of carbonyl (C=O) groups excluding carboxylic acids is 1. The minimum absolute atomic E-state index is 0.000718. The summed E-state index contributed by atoms with van der Waals surface area (Å²) in [6, 6.07) is 0.335. The van der Waals surface area contributed by atoms with Gasteiger partial charge in [-0.3, -0.25) is 4.79 Å². The molecule has 0 radical (unpaired) electrons. The molecule has 0 aromatic rings. The lowest BCUT2D eigenvalue weighted by atomic mass is 9.93. The summed E-state index contributed by atoms with van der Waals surface area (Å²) in [7, 11) is 1.94.